The van der Waals surface area contributed by atoms with Crippen LogP contribution < -0.4 is 0 Å². The third kappa shape index (κ3) is 5.17. The summed E-state index contributed by atoms with van der Waals surface area (Å²) in [6.45, 7) is 16.0. The number of nitrogens with zero attached hydrogens (tertiary/aromatic N) is 2. The fourth-order valence-corrected chi connectivity index (χ4v) is 6.46. The summed E-state index contributed by atoms with van der Waals surface area (Å²) >= 11 is -1.46. The zero-order chi connectivity index (χ0) is 16.2. The zero-order valence-corrected chi connectivity index (χ0v) is 17.0. The summed E-state index contributed by atoms with van der Waals surface area (Å²) < 4.78 is 3.01. The van der Waals surface area contributed by atoms with Crippen molar-refractivity contribution >= 4 is 20.4 Å². The Morgan fingerprint density at radius 2 is 1.57 bits per heavy atom. The van der Waals surface area contributed by atoms with Gasteiger partial charge in [0.1, 0.15) is 0 Å². The third-order valence-corrected chi connectivity index (χ3v) is 11.2. The van der Waals surface area contributed by atoms with Crippen molar-refractivity contribution in [3.8, 4) is 0 Å². The predicted molar refractivity (Wildman–Crippen MR) is 96.4 cm³/mol. The van der Waals surface area contributed by atoms with Crippen LogP contribution in [0.3, 0.4) is 0 Å². The van der Waals surface area contributed by atoms with Crippen molar-refractivity contribution in [2.24, 2.45) is 4.99 Å². The van der Waals surface area contributed by atoms with Crippen molar-refractivity contribution in [3.63, 3.8) is 0 Å². The SMILES string of the molecule is CC(C)N=C(c1ccccc1)[N](C(C)C)[Ge]([CH3])[C](C)(C)C. The van der Waals surface area contributed by atoms with Crippen LogP contribution in [-0.2, 0) is 0 Å². The first-order chi connectivity index (χ1) is 9.64. The van der Waals surface area contributed by atoms with Gasteiger partial charge < -0.3 is 0 Å². The van der Waals surface area contributed by atoms with E-state index in [1.807, 2.05) is 0 Å². The van der Waals surface area contributed by atoms with Crippen LogP contribution >= 0.6 is 0 Å². The van der Waals surface area contributed by atoms with Crippen LogP contribution in [0.25, 0.3) is 0 Å². The number of amidine groups is 1. The topological polar surface area (TPSA) is 15.6 Å². The first kappa shape index (κ1) is 18.3. The van der Waals surface area contributed by atoms with E-state index < -0.39 is 14.6 Å². The molecule has 1 radical (unpaired) electrons. The van der Waals surface area contributed by atoms with Crippen LogP contribution in [0.5, 0.6) is 0 Å². The number of hydrogen-bond donors (Lipinski definition) is 0. The van der Waals surface area contributed by atoms with Crippen LogP contribution in [-0.4, -0.2) is 36.3 Å². The molecule has 3 heteroatoms. The second kappa shape index (κ2) is 7.48. The molecule has 117 valence electrons. The fourth-order valence-electron chi connectivity index (χ4n) is 2.26. The molecule has 2 nitrogen and oxygen atoms in total. The molecule has 0 N–H and O–H groups in total. The molecule has 0 heterocycles. The molecule has 0 spiro atoms. The van der Waals surface area contributed by atoms with Gasteiger partial charge in [0.25, 0.3) is 0 Å². The van der Waals surface area contributed by atoms with Crippen molar-refractivity contribution in [1.29, 1.82) is 0 Å². The quantitative estimate of drug-likeness (QED) is 0.426. The van der Waals surface area contributed by atoms with Gasteiger partial charge in [0, 0.05) is 0 Å². The van der Waals surface area contributed by atoms with Crippen molar-refractivity contribution in [2.75, 3.05) is 0 Å². The molecule has 0 aliphatic rings. The average Bonchev–Trinajstić information content (AvgIpc) is 2.37. The van der Waals surface area contributed by atoms with E-state index in [1.54, 1.807) is 0 Å². The van der Waals surface area contributed by atoms with Gasteiger partial charge in [0.05, 0.1) is 0 Å². The monoisotopic (exact) mass is 349 g/mol. The van der Waals surface area contributed by atoms with Crippen LogP contribution in [0.2, 0.25) is 10.0 Å². The standard InChI is InChI=1S/C18H31GeN2/c1-14(2)20-17(16-12-10-9-11-13-16)21(15(3)4)19(8)18(5,6)7/h9-15H,1-8H3. The maximum absolute atomic E-state index is 4.99. The van der Waals surface area contributed by atoms with Crippen molar-refractivity contribution in [2.45, 2.75) is 70.6 Å². The first-order valence-electron chi connectivity index (χ1n) is 7.91. The van der Waals surface area contributed by atoms with Gasteiger partial charge >= 0.3 is 136 Å². The van der Waals surface area contributed by atoms with Gasteiger partial charge in [0.2, 0.25) is 0 Å². The molecule has 0 saturated heterocycles. The summed E-state index contributed by atoms with van der Waals surface area (Å²) in [5, 5.41) is 0. The maximum atomic E-state index is 4.99. The second-order valence-electron chi connectivity index (χ2n) is 7.21. The summed E-state index contributed by atoms with van der Waals surface area (Å²) in [6, 6.07) is 11.5. The van der Waals surface area contributed by atoms with Gasteiger partial charge in [-0.25, -0.2) is 0 Å². The minimum atomic E-state index is -1.46. The van der Waals surface area contributed by atoms with Crippen LogP contribution in [0.15, 0.2) is 35.3 Å². The van der Waals surface area contributed by atoms with Crippen molar-refractivity contribution < 1.29 is 0 Å². The third-order valence-electron chi connectivity index (χ3n) is 3.60. The molecular weight excluding hydrogens is 317 g/mol. The molecule has 0 amide bonds. The Labute approximate surface area is 136 Å². The van der Waals surface area contributed by atoms with E-state index in [9.17, 15) is 0 Å². The van der Waals surface area contributed by atoms with Crippen LogP contribution in [0, 0.1) is 0 Å². The minimum absolute atomic E-state index is 0.312. The van der Waals surface area contributed by atoms with Crippen molar-refractivity contribution in [1.82, 2.24) is 3.86 Å². The van der Waals surface area contributed by atoms with E-state index >= 15 is 0 Å². The van der Waals surface area contributed by atoms with E-state index in [0.717, 1.165) is 0 Å². The molecule has 0 aliphatic heterocycles. The Balaban J connectivity index is 3.34. The zero-order valence-electron chi connectivity index (χ0n) is 14.9. The van der Waals surface area contributed by atoms with E-state index in [4.69, 9.17) is 4.99 Å². The van der Waals surface area contributed by atoms with Gasteiger partial charge in [-0.3, -0.25) is 0 Å². The second-order valence-corrected chi connectivity index (χ2v) is 13.8. The summed E-state index contributed by atoms with van der Waals surface area (Å²) in [7, 11) is 0. The Kier molecular flexibility index (Phi) is 6.51. The molecule has 0 aromatic heterocycles. The molecule has 0 aliphatic carbocycles. The Morgan fingerprint density at radius 1 is 1.05 bits per heavy atom. The molecule has 0 fully saturated rings. The molecule has 0 unspecified atom stereocenters. The average molecular weight is 348 g/mol. The van der Waals surface area contributed by atoms with Crippen LogP contribution in [0.1, 0.15) is 54.0 Å². The summed E-state index contributed by atoms with van der Waals surface area (Å²) in [6.07, 6.45) is 0. The molecule has 0 bridgehead atoms. The summed E-state index contributed by atoms with van der Waals surface area (Å²) in [5.41, 5.74) is 1.25. The summed E-state index contributed by atoms with van der Waals surface area (Å²) in [4.78, 5) is 4.99. The van der Waals surface area contributed by atoms with E-state index in [2.05, 4.69) is 88.4 Å². The van der Waals surface area contributed by atoms with Gasteiger partial charge in [-0.2, -0.15) is 0 Å². The van der Waals surface area contributed by atoms with Gasteiger partial charge in [0.15, 0.2) is 0 Å². The first-order valence-corrected chi connectivity index (χ1v) is 12.0. The molecule has 1 aromatic carbocycles. The Hall–Kier alpha value is -0.767. The molecule has 1 rings (SSSR count). The van der Waals surface area contributed by atoms with E-state index in [-0.39, 0.29) is 0 Å². The van der Waals surface area contributed by atoms with E-state index in [0.29, 0.717) is 16.3 Å². The normalized spacial score (nSPS) is 13.4. The van der Waals surface area contributed by atoms with Gasteiger partial charge in [-0.05, 0) is 0 Å². The molecule has 0 saturated carbocycles. The van der Waals surface area contributed by atoms with E-state index in [1.165, 1.54) is 11.4 Å². The molecular formula is C18H31GeN2. The molecule has 1 aromatic rings. The van der Waals surface area contributed by atoms with Crippen LogP contribution in [0.4, 0.5) is 0 Å². The summed E-state index contributed by atoms with van der Waals surface area (Å²) in [5.74, 6) is 3.66. The predicted octanol–water partition coefficient (Wildman–Crippen LogP) is 4.97. The van der Waals surface area contributed by atoms with Crippen molar-refractivity contribution in [3.05, 3.63) is 35.9 Å². The fraction of sp³-hybridized carbons (Fsp3) is 0.611. The Morgan fingerprint density at radius 3 is 1.95 bits per heavy atom. The molecule has 21 heavy (non-hydrogen) atoms. The van der Waals surface area contributed by atoms with Gasteiger partial charge in [-0.15, -0.1) is 0 Å². The Bertz CT molecular complexity index is 458. The number of hydrogen-bond acceptors (Lipinski definition) is 1. The number of benzene rings is 1. The molecule has 0 atom stereocenters. The number of rotatable bonds is 4. The number of aliphatic imine (C=N–C) groups is 1. The van der Waals surface area contributed by atoms with Gasteiger partial charge in [-0.1, -0.05) is 0 Å².